The average molecular weight is 511 g/mol. The number of hydrazone groups is 1. The molecular formula is C25H23BrN2O5. The van der Waals surface area contributed by atoms with Crippen molar-refractivity contribution in [1.29, 1.82) is 0 Å². The number of nitrogens with one attached hydrogen (secondary N) is 1. The van der Waals surface area contributed by atoms with Crippen LogP contribution in [0.15, 0.2) is 82.4 Å². The van der Waals surface area contributed by atoms with E-state index in [9.17, 15) is 14.7 Å². The lowest BCUT2D eigenvalue weighted by atomic mass is 10.1. The van der Waals surface area contributed by atoms with Gasteiger partial charge in [0.15, 0.2) is 6.10 Å². The van der Waals surface area contributed by atoms with Crippen LogP contribution in [0, 0.1) is 0 Å². The SMILES string of the molecule is CCCOc1ccc(C(=O)Oc2ccc(Br)cc2/C=N\NC(=O)[C@H](O)c2ccccc2)cc1. The number of rotatable bonds is 9. The lowest BCUT2D eigenvalue weighted by Gasteiger charge is -2.10. The standard InChI is InChI=1S/C25H23BrN2O5/c1-2-14-32-21-11-8-18(9-12-21)25(31)33-22-13-10-20(26)15-19(22)16-27-28-24(30)23(29)17-6-4-3-5-7-17/h3-13,15-16,23,29H,2,14H2,1H3,(H,28,30)/b27-16-/t23-/m1/s1. The molecule has 2 N–H and O–H groups in total. The van der Waals surface area contributed by atoms with E-state index in [-0.39, 0.29) is 5.75 Å². The third kappa shape index (κ3) is 7.00. The highest BCUT2D eigenvalue weighted by Crippen LogP contribution is 2.23. The molecule has 0 spiro atoms. The number of ether oxygens (including phenoxy) is 2. The molecule has 0 heterocycles. The van der Waals surface area contributed by atoms with Gasteiger partial charge in [0.05, 0.1) is 18.4 Å². The first-order valence-electron chi connectivity index (χ1n) is 10.3. The monoisotopic (exact) mass is 510 g/mol. The Morgan fingerprint density at radius 2 is 1.82 bits per heavy atom. The third-order valence-corrected chi connectivity index (χ3v) is 4.97. The van der Waals surface area contributed by atoms with Crippen LogP contribution in [0.2, 0.25) is 0 Å². The largest absolute Gasteiger partial charge is 0.494 e. The summed E-state index contributed by atoms with van der Waals surface area (Å²) in [6.45, 7) is 2.62. The maximum atomic E-state index is 12.6. The number of nitrogens with zero attached hydrogens (tertiary/aromatic N) is 1. The van der Waals surface area contributed by atoms with Crippen LogP contribution >= 0.6 is 15.9 Å². The molecule has 3 rings (SSSR count). The average Bonchev–Trinajstić information content (AvgIpc) is 2.84. The van der Waals surface area contributed by atoms with Gasteiger partial charge in [0.1, 0.15) is 11.5 Å². The minimum Gasteiger partial charge on any atom is -0.494 e. The normalized spacial score (nSPS) is 11.7. The molecule has 0 unspecified atom stereocenters. The van der Waals surface area contributed by atoms with Crippen molar-refractivity contribution in [2.45, 2.75) is 19.4 Å². The molecule has 8 heteroatoms. The Bertz CT molecular complexity index is 1120. The molecule has 0 fully saturated rings. The Kier molecular flexibility index (Phi) is 8.74. The molecule has 0 aliphatic carbocycles. The number of amides is 1. The summed E-state index contributed by atoms with van der Waals surface area (Å²) in [6.07, 6.45) is 0.876. The quantitative estimate of drug-likeness (QED) is 0.189. The Hall–Kier alpha value is -3.49. The van der Waals surface area contributed by atoms with Gasteiger partial charge in [-0.3, -0.25) is 4.79 Å². The van der Waals surface area contributed by atoms with Crippen molar-refractivity contribution in [3.8, 4) is 11.5 Å². The molecule has 0 radical (unpaired) electrons. The number of hydrogen-bond donors (Lipinski definition) is 2. The van der Waals surface area contributed by atoms with E-state index < -0.39 is 18.0 Å². The molecule has 0 saturated carbocycles. The van der Waals surface area contributed by atoms with Crippen LogP contribution in [-0.2, 0) is 4.79 Å². The van der Waals surface area contributed by atoms with E-state index in [2.05, 4.69) is 26.5 Å². The van der Waals surface area contributed by atoms with Gasteiger partial charge in [0, 0.05) is 10.0 Å². The number of benzene rings is 3. The van der Waals surface area contributed by atoms with Crippen LogP contribution in [0.4, 0.5) is 0 Å². The van der Waals surface area contributed by atoms with E-state index in [1.165, 1.54) is 6.21 Å². The van der Waals surface area contributed by atoms with Crippen LogP contribution in [-0.4, -0.2) is 29.8 Å². The molecule has 3 aromatic rings. The van der Waals surface area contributed by atoms with E-state index in [4.69, 9.17) is 9.47 Å². The minimum atomic E-state index is -1.35. The van der Waals surface area contributed by atoms with Crippen molar-refractivity contribution >= 4 is 34.0 Å². The second kappa shape index (κ2) is 11.9. The van der Waals surface area contributed by atoms with E-state index in [1.54, 1.807) is 72.8 Å². The van der Waals surface area contributed by atoms with Gasteiger partial charge in [-0.15, -0.1) is 0 Å². The number of halogens is 1. The van der Waals surface area contributed by atoms with Crippen molar-refractivity contribution in [2.24, 2.45) is 5.10 Å². The van der Waals surface area contributed by atoms with Gasteiger partial charge >= 0.3 is 5.97 Å². The third-order valence-electron chi connectivity index (χ3n) is 4.48. The highest BCUT2D eigenvalue weighted by atomic mass is 79.9. The van der Waals surface area contributed by atoms with Gasteiger partial charge in [-0.2, -0.15) is 5.10 Å². The Morgan fingerprint density at radius 3 is 2.52 bits per heavy atom. The molecule has 0 bridgehead atoms. The number of carbonyl (C=O) groups excluding carboxylic acids is 2. The summed E-state index contributed by atoms with van der Waals surface area (Å²) >= 11 is 3.37. The second-order valence-corrected chi connectivity index (χ2v) is 7.91. The van der Waals surface area contributed by atoms with Crippen molar-refractivity contribution in [3.63, 3.8) is 0 Å². The lowest BCUT2D eigenvalue weighted by Crippen LogP contribution is -2.25. The predicted molar refractivity (Wildman–Crippen MR) is 128 cm³/mol. The molecule has 0 aliphatic heterocycles. The highest BCUT2D eigenvalue weighted by Gasteiger charge is 2.16. The fraction of sp³-hybridized carbons (Fsp3) is 0.160. The van der Waals surface area contributed by atoms with Crippen LogP contribution in [0.5, 0.6) is 11.5 Å². The first kappa shape index (κ1) is 24.2. The van der Waals surface area contributed by atoms with Crippen molar-refractivity contribution < 1.29 is 24.2 Å². The maximum Gasteiger partial charge on any atom is 0.343 e. The summed E-state index contributed by atoms with van der Waals surface area (Å²) < 4.78 is 11.8. The summed E-state index contributed by atoms with van der Waals surface area (Å²) in [6, 6.07) is 20.2. The zero-order chi connectivity index (χ0) is 23.6. The first-order valence-corrected chi connectivity index (χ1v) is 11.1. The van der Waals surface area contributed by atoms with Gasteiger partial charge < -0.3 is 14.6 Å². The molecule has 1 amide bonds. The molecular weight excluding hydrogens is 488 g/mol. The van der Waals surface area contributed by atoms with Crippen LogP contribution in [0.25, 0.3) is 0 Å². The molecule has 0 aliphatic rings. The maximum absolute atomic E-state index is 12.6. The molecule has 170 valence electrons. The van der Waals surface area contributed by atoms with E-state index >= 15 is 0 Å². The minimum absolute atomic E-state index is 0.260. The Labute approximate surface area is 200 Å². The lowest BCUT2D eigenvalue weighted by molar-refractivity contribution is -0.129. The van der Waals surface area contributed by atoms with Gasteiger partial charge in [-0.05, 0) is 54.4 Å². The van der Waals surface area contributed by atoms with E-state index in [0.717, 1.165) is 10.9 Å². The topological polar surface area (TPSA) is 97.2 Å². The summed E-state index contributed by atoms with van der Waals surface area (Å²) in [5, 5.41) is 14.0. The number of aliphatic hydroxyl groups excluding tert-OH is 1. The predicted octanol–water partition coefficient (Wildman–Crippen LogP) is 4.64. The smallest absolute Gasteiger partial charge is 0.343 e. The number of hydrogen-bond acceptors (Lipinski definition) is 6. The summed E-state index contributed by atoms with van der Waals surface area (Å²) in [7, 11) is 0. The van der Waals surface area contributed by atoms with E-state index in [1.807, 2.05) is 6.92 Å². The van der Waals surface area contributed by atoms with Crippen LogP contribution < -0.4 is 14.9 Å². The highest BCUT2D eigenvalue weighted by molar-refractivity contribution is 9.10. The number of esters is 1. The molecule has 0 saturated heterocycles. The second-order valence-electron chi connectivity index (χ2n) is 6.99. The molecule has 33 heavy (non-hydrogen) atoms. The summed E-state index contributed by atoms with van der Waals surface area (Å²) in [5.74, 6) is -0.289. The first-order chi connectivity index (χ1) is 16.0. The summed E-state index contributed by atoms with van der Waals surface area (Å²) in [5.41, 5.74) is 3.57. The van der Waals surface area contributed by atoms with Crippen LogP contribution in [0.1, 0.15) is 40.9 Å². The van der Waals surface area contributed by atoms with Crippen molar-refractivity contribution in [2.75, 3.05) is 6.61 Å². The van der Waals surface area contributed by atoms with Crippen molar-refractivity contribution in [1.82, 2.24) is 5.43 Å². The van der Waals surface area contributed by atoms with Gasteiger partial charge in [-0.1, -0.05) is 53.2 Å². The van der Waals surface area contributed by atoms with Gasteiger partial charge in [0.25, 0.3) is 5.91 Å². The Balaban J connectivity index is 1.67. The number of aliphatic hydroxyl groups is 1. The summed E-state index contributed by atoms with van der Waals surface area (Å²) in [4.78, 5) is 24.7. The van der Waals surface area contributed by atoms with Gasteiger partial charge in [0.2, 0.25) is 0 Å². The molecule has 1 atom stereocenters. The number of carbonyl (C=O) groups is 2. The fourth-order valence-electron chi connectivity index (χ4n) is 2.79. The fourth-order valence-corrected chi connectivity index (χ4v) is 3.17. The van der Waals surface area contributed by atoms with E-state index in [0.29, 0.717) is 29.0 Å². The zero-order valence-electron chi connectivity index (χ0n) is 17.9. The molecule has 0 aromatic heterocycles. The van der Waals surface area contributed by atoms with Gasteiger partial charge in [-0.25, -0.2) is 10.2 Å². The molecule has 3 aromatic carbocycles. The van der Waals surface area contributed by atoms with Crippen LogP contribution in [0.3, 0.4) is 0 Å². The molecule has 7 nitrogen and oxygen atoms in total. The zero-order valence-corrected chi connectivity index (χ0v) is 19.5. The Morgan fingerprint density at radius 1 is 1.09 bits per heavy atom. The van der Waals surface area contributed by atoms with Crippen molar-refractivity contribution in [3.05, 3.63) is 94.0 Å².